The van der Waals surface area contributed by atoms with Crippen LogP contribution in [-0.2, 0) is 13.1 Å². The zero-order valence-corrected chi connectivity index (χ0v) is 9.71. The third kappa shape index (κ3) is 1.93. The second kappa shape index (κ2) is 4.12. The highest BCUT2D eigenvalue weighted by molar-refractivity contribution is 7.15. The van der Waals surface area contributed by atoms with Crippen molar-refractivity contribution in [3.05, 3.63) is 23.1 Å². The lowest BCUT2D eigenvalue weighted by Crippen LogP contribution is -1.94. The number of aryl methyl sites for hydroxylation is 2. The molecule has 5 heteroatoms. The van der Waals surface area contributed by atoms with Crippen molar-refractivity contribution in [3.8, 4) is 10.4 Å². The zero-order valence-electron chi connectivity index (χ0n) is 8.90. The molecule has 0 saturated heterocycles. The van der Waals surface area contributed by atoms with Crippen molar-refractivity contribution in [2.24, 2.45) is 5.73 Å². The van der Waals surface area contributed by atoms with Gasteiger partial charge in [-0.15, -0.1) is 11.3 Å². The van der Waals surface area contributed by atoms with Gasteiger partial charge in [0.2, 0.25) is 0 Å². The van der Waals surface area contributed by atoms with Gasteiger partial charge in [0.1, 0.15) is 5.01 Å². The smallest absolute Gasteiger partial charge is 0.107 e. The molecule has 0 amide bonds. The largest absolute Gasteiger partial charge is 0.325 e. The van der Waals surface area contributed by atoms with Crippen LogP contribution in [0.5, 0.6) is 0 Å². The number of hydrogen-bond acceptors (Lipinski definition) is 4. The lowest BCUT2D eigenvalue weighted by atomic mass is 10.2. The van der Waals surface area contributed by atoms with Gasteiger partial charge >= 0.3 is 0 Å². The van der Waals surface area contributed by atoms with Gasteiger partial charge in [0.25, 0.3) is 0 Å². The van der Waals surface area contributed by atoms with Gasteiger partial charge in [-0.25, -0.2) is 4.98 Å². The number of hydrogen-bond donors (Lipinski definition) is 1. The highest BCUT2D eigenvalue weighted by atomic mass is 32.1. The van der Waals surface area contributed by atoms with E-state index in [0.717, 1.165) is 22.8 Å². The minimum absolute atomic E-state index is 0.507. The second-order valence-corrected chi connectivity index (χ2v) is 4.39. The normalized spacial score (nSPS) is 10.9. The molecule has 4 nitrogen and oxygen atoms in total. The van der Waals surface area contributed by atoms with E-state index in [9.17, 15) is 0 Å². The Kier molecular flexibility index (Phi) is 2.83. The Bertz CT molecular complexity index is 458. The monoisotopic (exact) mass is 222 g/mol. The first-order valence-electron chi connectivity index (χ1n) is 4.93. The number of thiazole rings is 1. The average Bonchev–Trinajstić information content (AvgIpc) is 2.83. The van der Waals surface area contributed by atoms with Crippen LogP contribution in [-0.4, -0.2) is 14.8 Å². The van der Waals surface area contributed by atoms with Crippen molar-refractivity contribution in [1.82, 2.24) is 14.8 Å². The number of rotatable bonds is 3. The zero-order chi connectivity index (χ0) is 10.8. The molecule has 2 N–H and O–H groups in total. The van der Waals surface area contributed by atoms with Crippen LogP contribution >= 0.6 is 11.3 Å². The SMILES string of the molecule is CCn1cc(-c2sc(CN)nc2C)cn1. The van der Waals surface area contributed by atoms with Gasteiger partial charge in [0.15, 0.2) is 0 Å². The molecule has 0 radical (unpaired) electrons. The van der Waals surface area contributed by atoms with Gasteiger partial charge in [-0.05, 0) is 13.8 Å². The molecule has 0 aliphatic carbocycles. The van der Waals surface area contributed by atoms with Crippen LogP contribution in [0, 0.1) is 6.92 Å². The van der Waals surface area contributed by atoms with Crippen molar-refractivity contribution >= 4 is 11.3 Å². The van der Waals surface area contributed by atoms with Crippen LogP contribution < -0.4 is 5.73 Å². The minimum Gasteiger partial charge on any atom is -0.325 e. The maximum absolute atomic E-state index is 5.57. The van der Waals surface area contributed by atoms with Crippen molar-refractivity contribution in [2.75, 3.05) is 0 Å². The van der Waals surface area contributed by atoms with Gasteiger partial charge in [-0.2, -0.15) is 5.10 Å². The summed E-state index contributed by atoms with van der Waals surface area (Å²) >= 11 is 1.65. The van der Waals surface area contributed by atoms with Gasteiger partial charge in [0, 0.05) is 24.8 Å². The molecular weight excluding hydrogens is 208 g/mol. The Labute approximate surface area is 92.8 Å². The quantitative estimate of drug-likeness (QED) is 0.861. The fourth-order valence-electron chi connectivity index (χ4n) is 1.46. The van der Waals surface area contributed by atoms with E-state index < -0.39 is 0 Å². The van der Waals surface area contributed by atoms with E-state index in [1.54, 1.807) is 11.3 Å². The van der Waals surface area contributed by atoms with Crippen LogP contribution in [0.1, 0.15) is 17.6 Å². The second-order valence-electron chi connectivity index (χ2n) is 3.31. The molecule has 0 atom stereocenters. The van der Waals surface area contributed by atoms with Gasteiger partial charge < -0.3 is 5.73 Å². The third-order valence-electron chi connectivity index (χ3n) is 2.23. The molecule has 0 aliphatic rings. The molecule has 2 aromatic heterocycles. The Morgan fingerprint density at radius 3 is 2.87 bits per heavy atom. The van der Waals surface area contributed by atoms with Gasteiger partial charge in [0.05, 0.1) is 16.8 Å². The Balaban J connectivity index is 2.39. The van der Waals surface area contributed by atoms with Gasteiger partial charge in [-0.1, -0.05) is 0 Å². The lowest BCUT2D eigenvalue weighted by molar-refractivity contribution is 0.660. The van der Waals surface area contributed by atoms with Crippen LogP contribution in [0.4, 0.5) is 0 Å². The maximum atomic E-state index is 5.57. The molecular formula is C10H14N4S. The Morgan fingerprint density at radius 2 is 2.33 bits per heavy atom. The van der Waals surface area contributed by atoms with Crippen molar-refractivity contribution in [2.45, 2.75) is 26.9 Å². The van der Waals surface area contributed by atoms with Crippen LogP contribution in [0.2, 0.25) is 0 Å². The van der Waals surface area contributed by atoms with E-state index in [0.29, 0.717) is 6.54 Å². The van der Waals surface area contributed by atoms with E-state index in [2.05, 4.69) is 17.0 Å². The molecule has 80 valence electrons. The summed E-state index contributed by atoms with van der Waals surface area (Å²) in [5.74, 6) is 0. The molecule has 2 heterocycles. The van der Waals surface area contributed by atoms with E-state index in [1.807, 2.05) is 24.0 Å². The molecule has 2 rings (SSSR count). The molecule has 2 aromatic rings. The first-order chi connectivity index (χ1) is 7.24. The molecule has 15 heavy (non-hydrogen) atoms. The van der Waals surface area contributed by atoms with Crippen molar-refractivity contribution < 1.29 is 0 Å². The molecule has 0 fully saturated rings. The molecule has 0 unspecified atom stereocenters. The predicted molar refractivity (Wildman–Crippen MR) is 61.6 cm³/mol. The average molecular weight is 222 g/mol. The number of nitrogens with two attached hydrogens (primary N) is 1. The predicted octanol–water partition coefficient (Wildman–Crippen LogP) is 1.79. The van der Waals surface area contributed by atoms with E-state index in [1.165, 1.54) is 4.88 Å². The summed E-state index contributed by atoms with van der Waals surface area (Å²) in [6.07, 6.45) is 3.92. The van der Waals surface area contributed by atoms with Crippen LogP contribution in [0.15, 0.2) is 12.4 Å². The van der Waals surface area contributed by atoms with Crippen LogP contribution in [0.3, 0.4) is 0 Å². The topological polar surface area (TPSA) is 56.7 Å². The van der Waals surface area contributed by atoms with Crippen molar-refractivity contribution in [3.63, 3.8) is 0 Å². The van der Waals surface area contributed by atoms with Crippen molar-refractivity contribution in [1.29, 1.82) is 0 Å². The highest BCUT2D eigenvalue weighted by Gasteiger charge is 2.10. The first-order valence-corrected chi connectivity index (χ1v) is 5.75. The number of nitrogens with zero attached hydrogens (tertiary/aromatic N) is 3. The fourth-order valence-corrected chi connectivity index (χ4v) is 2.38. The first kappa shape index (κ1) is 10.3. The summed E-state index contributed by atoms with van der Waals surface area (Å²) in [4.78, 5) is 5.57. The molecule has 0 aromatic carbocycles. The summed E-state index contributed by atoms with van der Waals surface area (Å²) in [5, 5.41) is 5.23. The Morgan fingerprint density at radius 1 is 1.53 bits per heavy atom. The van der Waals surface area contributed by atoms with E-state index in [4.69, 9.17) is 5.73 Å². The van der Waals surface area contributed by atoms with E-state index in [-0.39, 0.29) is 0 Å². The number of aromatic nitrogens is 3. The summed E-state index contributed by atoms with van der Waals surface area (Å²) < 4.78 is 1.91. The van der Waals surface area contributed by atoms with Gasteiger partial charge in [-0.3, -0.25) is 4.68 Å². The Hall–Kier alpha value is -1.20. The molecule has 0 aliphatic heterocycles. The minimum atomic E-state index is 0.507. The fraction of sp³-hybridized carbons (Fsp3) is 0.400. The molecule has 0 bridgehead atoms. The third-order valence-corrected chi connectivity index (χ3v) is 3.46. The molecule has 0 spiro atoms. The maximum Gasteiger partial charge on any atom is 0.107 e. The van der Waals surface area contributed by atoms with E-state index >= 15 is 0 Å². The summed E-state index contributed by atoms with van der Waals surface area (Å²) in [5.41, 5.74) is 7.74. The summed E-state index contributed by atoms with van der Waals surface area (Å²) in [6, 6.07) is 0. The summed E-state index contributed by atoms with van der Waals surface area (Å²) in [7, 11) is 0. The highest BCUT2D eigenvalue weighted by Crippen LogP contribution is 2.29. The van der Waals surface area contributed by atoms with Crippen LogP contribution in [0.25, 0.3) is 10.4 Å². The standard InChI is InChI=1S/C10H14N4S/c1-3-14-6-8(5-12-14)10-7(2)13-9(4-11)15-10/h5-6H,3-4,11H2,1-2H3. The molecule has 0 saturated carbocycles. The lowest BCUT2D eigenvalue weighted by Gasteiger charge is -1.92. The summed E-state index contributed by atoms with van der Waals surface area (Å²) in [6.45, 7) is 5.48.